The molecule has 0 aromatic heterocycles. The second-order valence-corrected chi connectivity index (χ2v) is 5.03. The Labute approximate surface area is 104 Å². The molecule has 1 atom stereocenters. The van der Waals surface area contributed by atoms with Crippen LogP contribution in [-0.4, -0.2) is 44.2 Å². The minimum Gasteiger partial charge on any atom is -0.366 e. The van der Waals surface area contributed by atoms with Gasteiger partial charge < -0.3 is 15.5 Å². The van der Waals surface area contributed by atoms with E-state index in [2.05, 4.69) is 48.0 Å². The van der Waals surface area contributed by atoms with Crippen molar-refractivity contribution < 1.29 is 0 Å². The number of likely N-dealkylation sites (N-methyl/N-ethyl adjacent to an activating group) is 1. The number of rotatable bonds is 2. The summed E-state index contributed by atoms with van der Waals surface area (Å²) >= 11 is 0. The molecular formula is C14H23N3. The lowest BCUT2D eigenvalue weighted by molar-refractivity contribution is 0.332. The zero-order valence-electron chi connectivity index (χ0n) is 10.9. The molecule has 3 heteroatoms. The lowest BCUT2D eigenvalue weighted by Gasteiger charge is -2.32. The van der Waals surface area contributed by atoms with Gasteiger partial charge in [-0.2, -0.15) is 0 Å². The van der Waals surface area contributed by atoms with Gasteiger partial charge in [-0.05, 0) is 39.1 Å². The molecule has 0 radical (unpaired) electrons. The maximum atomic E-state index is 5.92. The fraction of sp³-hybridized carbons (Fsp3) is 0.571. The van der Waals surface area contributed by atoms with Crippen molar-refractivity contribution in [2.24, 2.45) is 5.73 Å². The second kappa shape index (κ2) is 5.52. The van der Waals surface area contributed by atoms with Crippen LogP contribution in [0.5, 0.6) is 0 Å². The van der Waals surface area contributed by atoms with E-state index < -0.39 is 0 Å². The molecule has 17 heavy (non-hydrogen) atoms. The highest BCUT2D eigenvalue weighted by atomic mass is 15.2. The highest BCUT2D eigenvalue weighted by Crippen LogP contribution is 2.20. The summed E-state index contributed by atoms with van der Waals surface area (Å²) in [6, 6.07) is 9.21. The summed E-state index contributed by atoms with van der Waals surface area (Å²) in [4.78, 5) is 4.84. The molecule has 1 aromatic carbocycles. The van der Waals surface area contributed by atoms with E-state index in [-0.39, 0.29) is 0 Å². The minimum absolute atomic E-state index is 0.435. The first-order chi connectivity index (χ1) is 8.20. The van der Waals surface area contributed by atoms with Crippen molar-refractivity contribution in [3.05, 3.63) is 29.8 Å². The second-order valence-electron chi connectivity index (χ2n) is 5.03. The van der Waals surface area contributed by atoms with Crippen LogP contribution in [0.2, 0.25) is 0 Å². The molecular weight excluding hydrogens is 210 g/mol. The monoisotopic (exact) mass is 233 g/mol. The summed E-state index contributed by atoms with van der Waals surface area (Å²) in [5.74, 6) is 0. The SMILES string of the molecule is Cc1ccc(N2CCCN(C)CC2CN)cc1. The van der Waals surface area contributed by atoms with E-state index in [1.165, 1.54) is 24.2 Å². The van der Waals surface area contributed by atoms with Gasteiger partial charge in [0.1, 0.15) is 0 Å². The van der Waals surface area contributed by atoms with Gasteiger partial charge in [0.25, 0.3) is 0 Å². The quantitative estimate of drug-likeness (QED) is 0.839. The van der Waals surface area contributed by atoms with E-state index >= 15 is 0 Å². The van der Waals surface area contributed by atoms with Crippen LogP contribution in [0.4, 0.5) is 5.69 Å². The zero-order chi connectivity index (χ0) is 12.3. The van der Waals surface area contributed by atoms with Gasteiger partial charge in [-0.3, -0.25) is 0 Å². The third kappa shape index (κ3) is 2.99. The summed E-state index contributed by atoms with van der Waals surface area (Å²) in [5, 5.41) is 0. The number of benzene rings is 1. The molecule has 0 spiro atoms. The Balaban J connectivity index is 2.19. The van der Waals surface area contributed by atoms with Crippen molar-refractivity contribution in [3.63, 3.8) is 0 Å². The van der Waals surface area contributed by atoms with E-state index in [4.69, 9.17) is 5.73 Å². The van der Waals surface area contributed by atoms with Crippen LogP contribution in [-0.2, 0) is 0 Å². The molecule has 2 N–H and O–H groups in total. The van der Waals surface area contributed by atoms with Crippen molar-refractivity contribution in [2.45, 2.75) is 19.4 Å². The average Bonchev–Trinajstić information content (AvgIpc) is 2.52. The lowest BCUT2D eigenvalue weighted by Crippen LogP contribution is -2.45. The topological polar surface area (TPSA) is 32.5 Å². The number of hydrogen-bond acceptors (Lipinski definition) is 3. The third-order valence-electron chi connectivity index (χ3n) is 3.54. The Bertz CT molecular complexity index is 347. The summed E-state index contributed by atoms with van der Waals surface area (Å²) in [6.45, 7) is 6.18. The maximum Gasteiger partial charge on any atom is 0.0539 e. The van der Waals surface area contributed by atoms with Crippen LogP contribution < -0.4 is 10.6 Å². The predicted molar refractivity (Wildman–Crippen MR) is 73.5 cm³/mol. The number of anilines is 1. The molecule has 0 aliphatic carbocycles. The van der Waals surface area contributed by atoms with E-state index in [1.807, 2.05) is 0 Å². The maximum absolute atomic E-state index is 5.92. The summed E-state index contributed by atoms with van der Waals surface area (Å²) in [6.07, 6.45) is 1.21. The highest BCUT2D eigenvalue weighted by Gasteiger charge is 2.22. The van der Waals surface area contributed by atoms with Gasteiger partial charge in [-0.25, -0.2) is 0 Å². The van der Waals surface area contributed by atoms with Crippen molar-refractivity contribution in [3.8, 4) is 0 Å². The minimum atomic E-state index is 0.435. The van der Waals surface area contributed by atoms with Crippen molar-refractivity contribution in [1.82, 2.24) is 4.90 Å². The molecule has 2 rings (SSSR count). The Kier molecular flexibility index (Phi) is 4.02. The van der Waals surface area contributed by atoms with E-state index in [1.54, 1.807) is 0 Å². The third-order valence-corrected chi connectivity index (χ3v) is 3.54. The first-order valence-corrected chi connectivity index (χ1v) is 6.42. The highest BCUT2D eigenvalue weighted by molar-refractivity contribution is 5.48. The van der Waals surface area contributed by atoms with Gasteiger partial charge in [0.05, 0.1) is 6.04 Å². The smallest absolute Gasteiger partial charge is 0.0539 e. The molecule has 0 saturated carbocycles. The Morgan fingerprint density at radius 2 is 1.94 bits per heavy atom. The molecule has 1 saturated heterocycles. The molecule has 3 nitrogen and oxygen atoms in total. The standard InChI is InChI=1S/C14H23N3/c1-12-4-6-13(7-5-12)17-9-3-8-16(2)11-14(17)10-15/h4-7,14H,3,8-11,15H2,1-2H3. The normalized spacial score (nSPS) is 22.5. The molecule has 1 unspecified atom stereocenters. The summed E-state index contributed by atoms with van der Waals surface area (Å²) in [7, 11) is 2.18. The molecule has 94 valence electrons. The van der Waals surface area contributed by atoms with Crippen LogP contribution in [0.25, 0.3) is 0 Å². The zero-order valence-corrected chi connectivity index (χ0v) is 10.9. The Morgan fingerprint density at radius 1 is 1.24 bits per heavy atom. The predicted octanol–water partition coefficient (Wildman–Crippen LogP) is 1.46. The Morgan fingerprint density at radius 3 is 2.59 bits per heavy atom. The lowest BCUT2D eigenvalue weighted by atomic mass is 10.1. The molecule has 0 amide bonds. The van der Waals surface area contributed by atoms with E-state index in [0.29, 0.717) is 6.04 Å². The fourth-order valence-electron chi connectivity index (χ4n) is 2.52. The molecule has 1 aromatic rings. The molecule has 1 aliphatic rings. The first kappa shape index (κ1) is 12.4. The number of nitrogens with zero attached hydrogens (tertiary/aromatic N) is 2. The molecule has 0 bridgehead atoms. The van der Waals surface area contributed by atoms with Crippen LogP contribution >= 0.6 is 0 Å². The number of aryl methyl sites for hydroxylation is 1. The summed E-state index contributed by atoms with van der Waals surface area (Å²) < 4.78 is 0. The fourth-order valence-corrected chi connectivity index (χ4v) is 2.52. The largest absolute Gasteiger partial charge is 0.366 e. The first-order valence-electron chi connectivity index (χ1n) is 6.42. The van der Waals surface area contributed by atoms with Crippen molar-refractivity contribution in [2.75, 3.05) is 38.1 Å². The van der Waals surface area contributed by atoms with Crippen molar-refractivity contribution in [1.29, 1.82) is 0 Å². The summed E-state index contributed by atoms with van der Waals surface area (Å²) in [5.41, 5.74) is 8.54. The van der Waals surface area contributed by atoms with Crippen LogP contribution in [0.1, 0.15) is 12.0 Å². The molecule has 1 heterocycles. The van der Waals surface area contributed by atoms with Crippen LogP contribution in [0.3, 0.4) is 0 Å². The van der Waals surface area contributed by atoms with Crippen LogP contribution in [0.15, 0.2) is 24.3 Å². The number of hydrogen-bond donors (Lipinski definition) is 1. The average molecular weight is 233 g/mol. The van der Waals surface area contributed by atoms with Gasteiger partial charge in [0.2, 0.25) is 0 Å². The molecule has 1 aliphatic heterocycles. The Hall–Kier alpha value is -1.06. The van der Waals surface area contributed by atoms with E-state index in [9.17, 15) is 0 Å². The van der Waals surface area contributed by atoms with Gasteiger partial charge >= 0.3 is 0 Å². The number of nitrogens with two attached hydrogens (primary N) is 1. The van der Waals surface area contributed by atoms with Gasteiger partial charge in [0, 0.05) is 25.3 Å². The van der Waals surface area contributed by atoms with Crippen molar-refractivity contribution >= 4 is 5.69 Å². The van der Waals surface area contributed by atoms with Crippen LogP contribution in [0, 0.1) is 6.92 Å². The van der Waals surface area contributed by atoms with Gasteiger partial charge in [0.15, 0.2) is 0 Å². The van der Waals surface area contributed by atoms with Gasteiger partial charge in [-0.1, -0.05) is 17.7 Å². The van der Waals surface area contributed by atoms with E-state index in [0.717, 1.165) is 19.6 Å². The molecule has 1 fully saturated rings. The van der Waals surface area contributed by atoms with Gasteiger partial charge in [-0.15, -0.1) is 0 Å².